The Labute approximate surface area is 140 Å². The Morgan fingerprint density at radius 2 is 2.22 bits per heavy atom. The summed E-state index contributed by atoms with van der Waals surface area (Å²) >= 11 is 5.81. The summed E-state index contributed by atoms with van der Waals surface area (Å²) in [7, 11) is 0. The van der Waals surface area contributed by atoms with Gasteiger partial charge in [-0.3, -0.25) is 14.7 Å². The molecule has 0 spiro atoms. The van der Waals surface area contributed by atoms with Crippen molar-refractivity contribution in [2.75, 3.05) is 18.4 Å². The molecule has 23 heavy (non-hydrogen) atoms. The lowest BCUT2D eigenvalue weighted by Gasteiger charge is -2.31. The number of rotatable bonds is 4. The lowest BCUT2D eigenvalue weighted by molar-refractivity contribution is -0.121. The van der Waals surface area contributed by atoms with Crippen LogP contribution < -0.4 is 5.32 Å². The average molecular weight is 331 g/mol. The van der Waals surface area contributed by atoms with Crippen LogP contribution in [0.3, 0.4) is 0 Å². The number of carbonyl (C=O) groups excluding carboxylic acids is 1. The standard InChI is InChI=1S/C17H19ClN4O/c18-14-6-7-16(20-10-14)21-17(23)13-4-3-9-22(11-13)12-15-5-1-2-8-19-15/h1-2,5-8,10,13H,3-4,9,11-12H2,(H,20,21,23)/t13-/m0/s1. The highest BCUT2D eigenvalue weighted by molar-refractivity contribution is 6.30. The van der Waals surface area contributed by atoms with Crippen LogP contribution in [0.1, 0.15) is 18.5 Å². The Hall–Kier alpha value is -1.98. The van der Waals surface area contributed by atoms with Crippen molar-refractivity contribution < 1.29 is 4.79 Å². The van der Waals surface area contributed by atoms with Gasteiger partial charge in [-0.15, -0.1) is 0 Å². The molecule has 2 aromatic rings. The van der Waals surface area contributed by atoms with Gasteiger partial charge in [-0.25, -0.2) is 4.98 Å². The minimum atomic E-state index is -0.0232. The third kappa shape index (κ3) is 4.50. The molecule has 120 valence electrons. The molecule has 5 nitrogen and oxygen atoms in total. The van der Waals surface area contributed by atoms with Crippen LogP contribution in [0.2, 0.25) is 5.02 Å². The third-order valence-electron chi connectivity index (χ3n) is 3.97. The van der Waals surface area contributed by atoms with Gasteiger partial charge in [0.2, 0.25) is 5.91 Å². The predicted octanol–water partition coefficient (Wildman–Crippen LogP) is 2.98. The number of nitrogens with one attached hydrogen (secondary N) is 1. The minimum absolute atomic E-state index is 0.0190. The number of amides is 1. The van der Waals surface area contributed by atoms with Gasteiger partial charge in [0.05, 0.1) is 16.6 Å². The minimum Gasteiger partial charge on any atom is -0.310 e. The molecule has 6 heteroatoms. The summed E-state index contributed by atoms with van der Waals surface area (Å²) in [5.41, 5.74) is 1.04. The first-order valence-corrected chi connectivity index (χ1v) is 8.13. The van der Waals surface area contributed by atoms with E-state index in [0.717, 1.165) is 38.2 Å². The maximum absolute atomic E-state index is 12.4. The van der Waals surface area contributed by atoms with E-state index in [1.165, 1.54) is 6.20 Å². The van der Waals surface area contributed by atoms with E-state index in [9.17, 15) is 4.79 Å². The first-order valence-electron chi connectivity index (χ1n) is 7.75. The number of hydrogen-bond donors (Lipinski definition) is 1. The SMILES string of the molecule is O=C(Nc1ccc(Cl)cn1)[C@H]1CCCN(Cc2ccccn2)C1. The van der Waals surface area contributed by atoms with E-state index in [4.69, 9.17) is 11.6 Å². The van der Waals surface area contributed by atoms with Gasteiger partial charge in [-0.1, -0.05) is 17.7 Å². The van der Waals surface area contributed by atoms with Crippen molar-refractivity contribution in [3.8, 4) is 0 Å². The molecule has 0 saturated carbocycles. The molecule has 1 aliphatic heterocycles. The van der Waals surface area contributed by atoms with Gasteiger partial charge in [-0.2, -0.15) is 0 Å². The Balaban J connectivity index is 1.57. The fourth-order valence-electron chi connectivity index (χ4n) is 2.81. The Morgan fingerprint density at radius 1 is 1.30 bits per heavy atom. The molecule has 0 aliphatic carbocycles. The lowest BCUT2D eigenvalue weighted by atomic mass is 9.97. The van der Waals surface area contributed by atoms with Crippen molar-refractivity contribution >= 4 is 23.3 Å². The van der Waals surface area contributed by atoms with E-state index in [1.807, 2.05) is 18.2 Å². The summed E-state index contributed by atoms with van der Waals surface area (Å²) in [4.78, 5) is 23.2. The van der Waals surface area contributed by atoms with Crippen LogP contribution in [0.25, 0.3) is 0 Å². The van der Waals surface area contributed by atoms with Crippen molar-refractivity contribution in [3.05, 3.63) is 53.4 Å². The summed E-state index contributed by atoms with van der Waals surface area (Å²) < 4.78 is 0. The van der Waals surface area contributed by atoms with Crippen LogP contribution in [-0.4, -0.2) is 33.9 Å². The van der Waals surface area contributed by atoms with Crippen molar-refractivity contribution in [3.63, 3.8) is 0 Å². The number of halogens is 1. The van der Waals surface area contributed by atoms with E-state index in [-0.39, 0.29) is 11.8 Å². The number of pyridine rings is 2. The van der Waals surface area contributed by atoms with E-state index in [0.29, 0.717) is 10.8 Å². The molecule has 3 rings (SSSR count). The number of likely N-dealkylation sites (tertiary alicyclic amines) is 1. The van der Waals surface area contributed by atoms with Crippen molar-refractivity contribution in [1.82, 2.24) is 14.9 Å². The van der Waals surface area contributed by atoms with Gasteiger partial charge in [0.15, 0.2) is 0 Å². The topological polar surface area (TPSA) is 58.1 Å². The second-order valence-electron chi connectivity index (χ2n) is 5.75. The van der Waals surface area contributed by atoms with Gasteiger partial charge in [-0.05, 0) is 43.7 Å². The van der Waals surface area contributed by atoms with E-state index >= 15 is 0 Å². The zero-order valence-electron chi connectivity index (χ0n) is 12.8. The molecule has 2 aromatic heterocycles. The molecule has 0 radical (unpaired) electrons. The first kappa shape index (κ1) is 15.9. The maximum atomic E-state index is 12.4. The Kier molecular flexibility index (Phi) is 5.20. The van der Waals surface area contributed by atoms with Crippen LogP contribution in [0, 0.1) is 5.92 Å². The van der Waals surface area contributed by atoms with Crippen LogP contribution in [0.4, 0.5) is 5.82 Å². The molecule has 0 unspecified atom stereocenters. The first-order chi connectivity index (χ1) is 11.2. The number of carbonyl (C=O) groups is 1. The number of nitrogens with zero attached hydrogens (tertiary/aromatic N) is 3. The molecule has 1 aliphatic rings. The van der Waals surface area contributed by atoms with Crippen LogP contribution in [-0.2, 0) is 11.3 Å². The van der Waals surface area contributed by atoms with Gasteiger partial charge < -0.3 is 5.32 Å². The van der Waals surface area contributed by atoms with Crippen LogP contribution in [0.15, 0.2) is 42.7 Å². The lowest BCUT2D eigenvalue weighted by Crippen LogP contribution is -2.40. The molecule has 0 aromatic carbocycles. The molecule has 3 heterocycles. The number of aromatic nitrogens is 2. The number of piperidine rings is 1. The average Bonchev–Trinajstić information content (AvgIpc) is 2.58. The smallest absolute Gasteiger partial charge is 0.229 e. The maximum Gasteiger partial charge on any atom is 0.229 e. The number of hydrogen-bond acceptors (Lipinski definition) is 4. The Morgan fingerprint density at radius 3 is 2.96 bits per heavy atom. The largest absolute Gasteiger partial charge is 0.310 e. The summed E-state index contributed by atoms with van der Waals surface area (Å²) in [6, 6.07) is 9.35. The van der Waals surface area contributed by atoms with Gasteiger partial charge >= 0.3 is 0 Å². The molecule has 1 fully saturated rings. The second-order valence-corrected chi connectivity index (χ2v) is 6.18. The summed E-state index contributed by atoms with van der Waals surface area (Å²) in [6.07, 6.45) is 5.25. The predicted molar refractivity (Wildman–Crippen MR) is 90.1 cm³/mol. The Bertz CT molecular complexity index is 647. The van der Waals surface area contributed by atoms with E-state index in [1.54, 1.807) is 18.3 Å². The molecule has 0 bridgehead atoms. The molecule has 1 amide bonds. The summed E-state index contributed by atoms with van der Waals surface area (Å²) in [5, 5.41) is 3.43. The molecule has 1 atom stereocenters. The highest BCUT2D eigenvalue weighted by Crippen LogP contribution is 2.20. The fourth-order valence-corrected chi connectivity index (χ4v) is 2.92. The monoisotopic (exact) mass is 330 g/mol. The molecular weight excluding hydrogens is 312 g/mol. The molecular formula is C17H19ClN4O. The third-order valence-corrected chi connectivity index (χ3v) is 4.19. The quantitative estimate of drug-likeness (QED) is 0.936. The highest BCUT2D eigenvalue weighted by Gasteiger charge is 2.26. The molecule has 1 N–H and O–H groups in total. The summed E-state index contributed by atoms with van der Waals surface area (Å²) in [6.45, 7) is 2.53. The van der Waals surface area contributed by atoms with E-state index < -0.39 is 0 Å². The zero-order valence-corrected chi connectivity index (χ0v) is 13.5. The van der Waals surface area contributed by atoms with Gasteiger partial charge in [0.25, 0.3) is 0 Å². The summed E-state index contributed by atoms with van der Waals surface area (Å²) in [5.74, 6) is 0.539. The number of anilines is 1. The van der Waals surface area contributed by atoms with Crippen molar-refractivity contribution in [2.24, 2.45) is 5.92 Å². The van der Waals surface area contributed by atoms with Crippen LogP contribution in [0.5, 0.6) is 0 Å². The van der Waals surface area contributed by atoms with E-state index in [2.05, 4.69) is 20.2 Å². The highest BCUT2D eigenvalue weighted by atomic mass is 35.5. The van der Waals surface area contributed by atoms with Gasteiger partial charge in [0.1, 0.15) is 5.82 Å². The molecule has 1 saturated heterocycles. The second kappa shape index (κ2) is 7.53. The normalized spacial score (nSPS) is 18.6. The fraction of sp³-hybridized carbons (Fsp3) is 0.353. The van der Waals surface area contributed by atoms with Crippen molar-refractivity contribution in [2.45, 2.75) is 19.4 Å². The zero-order chi connectivity index (χ0) is 16.1. The van der Waals surface area contributed by atoms with Crippen LogP contribution >= 0.6 is 11.6 Å². The van der Waals surface area contributed by atoms with Gasteiger partial charge in [0, 0.05) is 25.5 Å². The van der Waals surface area contributed by atoms with Crippen molar-refractivity contribution in [1.29, 1.82) is 0 Å².